The summed E-state index contributed by atoms with van der Waals surface area (Å²) >= 11 is 1.44. The van der Waals surface area contributed by atoms with Crippen LogP contribution in [0, 0.1) is 19.8 Å². The number of aromatic nitrogens is 1. The first kappa shape index (κ1) is 21.5. The fraction of sp³-hybridized carbons (Fsp3) is 0.500. The Balaban J connectivity index is 1.49. The lowest BCUT2D eigenvalue weighted by Crippen LogP contribution is -2.44. The number of anilines is 1. The van der Waals surface area contributed by atoms with E-state index < -0.39 is 0 Å². The summed E-state index contributed by atoms with van der Waals surface area (Å²) in [6.07, 6.45) is 1.58. The molecule has 0 radical (unpaired) electrons. The number of nitrogens with one attached hydrogen (secondary N) is 2. The number of hydrogen-bond donors (Lipinski definition) is 2. The Kier molecular flexibility index (Phi) is 7.03. The second-order valence-corrected chi connectivity index (χ2v) is 8.96. The molecule has 1 aromatic carbocycles. The standard InChI is InChI=1S/C22H30N4O2S/c1-14(2)23-21(28)17-7-9-26(10-8-17)12-20(27)25-22-24-19(13-29-22)18-6-5-15(3)16(4)11-18/h5-6,11,13-14,17H,7-10,12H2,1-4H3,(H,23,28)(H,24,25,27). The molecule has 0 spiro atoms. The van der Waals surface area contributed by atoms with Crippen molar-refractivity contribution in [3.05, 3.63) is 34.7 Å². The molecule has 2 N–H and O–H groups in total. The molecule has 29 heavy (non-hydrogen) atoms. The highest BCUT2D eigenvalue weighted by molar-refractivity contribution is 7.14. The van der Waals surface area contributed by atoms with Crippen LogP contribution in [0.3, 0.4) is 0 Å². The highest BCUT2D eigenvalue weighted by Crippen LogP contribution is 2.26. The molecule has 2 amide bonds. The first-order valence-electron chi connectivity index (χ1n) is 10.2. The molecule has 2 heterocycles. The summed E-state index contributed by atoms with van der Waals surface area (Å²) in [5.74, 6) is 0.123. The van der Waals surface area contributed by atoms with E-state index in [1.165, 1.54) is 22.5 Å². The van der Waals surface area contributed by atoms with Gasteiger partial charge < -0.3 is 10.6 Å². The van der Waals surface area contributed by atoms with Crippen LogP contribution in [-0.2, 0) is 9.59 Å². The monoisotopic (exact) mass is 414 g/mol. The number of hydrogen-bond acceptors (Lipinski definition) is 5. The predicted molar refractivity (Wildman–Crippen MR) is 118 cm³/mol. The molecule has 0 aliphatic carbocycles. The Labute approximate surface area is 176 Å². The molecule has 0 saturated carbocycles. The predicted octanol–water partition coefficient (Wildman–Crippen LogP) is 3.60. The lowest BCUT2D eigenvalue weighted by Gasteiger charge is -2.31. The van der Waals surface area contributed by atoms with Crippen LogP contribution < -0.4 is 10.6 Å². The largest absolute Gasteiger partial charge is 0.354 e. The molecule has 1 aliphatic rings. The number of aryl methyl sites for hydroxylation is 2. The first-order valence-corrected chi connectivity index (χ1v) is 11.1. The maximum Gasteiger partial charge on any atom is 0.240 e. The van der Waals surface area contributed by atoms with Crippen molar-refractivity contribution in [2.75, 3.05) is 25.0 Å². The van der Waals surface area contributed by atoms with E-state index in [1.807, 2.05) is 19.2 Å². The minimum absolute atomic E-state index is 0.0520. The summed E-state index contributed by atoms with van der Waals surface area (Å²) in [5.41, 5.74) is 4.42. The highest BCUT2D eigenvalue weighted by atomic mass is 32.1. The number of rotatable bonds is 6. The number of piperidine rings is 1. The summed E-state index contributed by atoms with van der Waals surface area (Å²) in [6.45, 7) is 9.97. The third-order valence-corrected chi connectivity index (χ3v) is 6.07. The second kappa shape index (κ2) is 9.50. The van der Waals surface area contributed by atoms with E-state index in [1.54, 1.807) is 0 Å². The zero-order valence-corrected chi connectivity index (χ0v) is 18.4. The van der Waals surface area contributed by atoms with E-state index in [0.717, 1.165) is 37.2 Å². The van der Waals surface area contributed by atoms with Crippen LogP contribution in [0.4, 0.5) is 5.13 Å². The highest BCUT2D eigenvalue weighted by Gasteiger charge is 2.26. The molecule has 2 aromatic rings. The van der Waals surface area contributed by atoms with E-state index in [0.29, 0.717) is 11.7 Å². The number of nitrogens with zero attached hydrogens (tertiary/aromatic N) is 2. The Morgan fingerprint density at radius 1 is 1.21 bits per heavy atom. The van der Waals surface area contributed by atoms with E-state index in [9.17, 15) is 9.59 Å². The molecule has 1 aromatic heterocycles. The molecule has 3 rings (SSSR count). The quantitative estimate of drug-likeness (QED) is 0.757. The molecule has 1 aliphatic heterocycles. The molecule has 1 saturated heterocycles. The number of thiazole rings is 1. The fourth-order valence-corrected chi connectivity index (χ4v) is 4.22. The summed E-state index contributed by atoms with van der Waals surface area (Å²) in [7, 11) is 0. The van der Waals surface area contributed by atoms with Crippen LogP contribution >= 0.6 is 11.3 Å². The molecule has 0 atom stereocenters. The van der Waals surface area contributed by atoms with Gasteiger partial charge >= 0.3 is 0 Å². The molecule has 1 fully saturated rings. The van der Waals surface area contributed by atoms with Crippen molar-refractivity contribution >= 4 is 28.3 Å². The van der Waals surface area contributed by atoms with Crippen LogP contribution in [0.5, 0.6) is 0 Å². The van der Waals surface area contributed by atoms with E-state index >= 15 is 0 Å². The minimum atomic E-state index is -0.0592. The van der Waals surface area contributed by atoms with Crippen LogP contribution in [0.25, 0.3) is 11.3 Å². The summed E-state index contributed by atoms with van der Waals surface area (Å²) in [4.78, 5) is 31.2. The molecule has 0 bridgehead atoms. The smallest absolute Gasteiger partial charge is 0.240 e. The lowest BCUT2D eigenvalue weighted by molar-refractivity contribution is -0.127. The van der Waals surface area contributed by atoms with Gasteiger partial charge in [-0.3, -0.25) is 14.5 Å². The van der Waals surface area contributed by atoms with Crippen molar-refractivity contribution < 1.29 is 9.59 Å². The number of benzene rings is 1. The Morgan fingerprint density at radius 3 is 2.59 bits per heavy atom. The Bertz CT molecular complexity index is 869. The minimum Gasteiger partial charge on any atom is -0.354 e. The van der Waals surface area contributed by atoms with Crippen LogP contribution in [0.15, 0.2) is 23.6 Å². The fourth-order valence-electron chi connectivity index (χ4n) is 3.48. The van der Waals surface area contributed by atoms with Crippen molar-refractivity contribution in [3.63, 3.8) is 0 Å². The van der Waals surface area contributed by atoms with Gasteiger partial charge in [0.2, 0.25) is 11.8 Å². The van der Waals surface area contributed by atoms with Gasteiger partial charge in [-0.05, 0) is 70.8 Å². The van der Waals surface area contributed by atoms with Crippen molar-refractivity contribution in [1.29, 1.82) is 0 Å². The van der Waals surface area contributed by atoms with Gasteiger partial charge in [-0.2, -0.15) is 0 Å². The lowest BCUT2D eigenvalue weighted by atomic mass is 9.95. The molecule has 7 heteroatoms. The number of carbonyl (C=O) groups excluding carboxylic acids is 2. The number of amides is 2. The van der Waals surface area contributed by atoms with Gasteiger partial charge in [0.1, 0.15) is 0 Å². The molecule has 6 nitrogen and oxygen atoms in total. The van der Waals surface area contributed by atoms with Gasteiger partial charge in [0, 0.05) is 22.9 Å². The number of likely N-dealkylation sites (tertiary alicyclic amines) is 1. The molecule has 156 valence electrons. The third-order valence-electron chi connectivity index (χ3n) is 5.31. The van der Waals surface area contributed by atoms with Crippen LogP contribution in [-0.4, -0.2) is 47.4 Å². The zero-order chi connectivity index (χ0) is 21.0. The van der Waals surface area contributed by atoms with Gasteiger partial charge in [-0.1, -0.05) is 12.1 Å². The van der Waals surface area contributed by atoms with Gasteiger partial charge in [0.05, 0.1) is 12.2 Å². The average molecular weight is 415 g/mol. The van der Waals surface area contributed by atoms with Gasteiger partial charge in [-0.25, -0.2) is 4.98 Å². The molecule has 0 unspecified atom stereocenters. The van der Waals surface area contributed by atoms with Crippen molar-refractivity contribution in [3.8, 4) is 11.3 Å². The van der Waals surface area contributed by atoms with Gasteiger partial charge in [0.15, 0.2) is 5.13 Å². The topological polar surface area (TPSA) is 74.3 Å². The van der Waals surface area contributed by atoms with Crippen LogP contribution in [0.1, 0.15) is 37.8 Å². The third kappa shape index (κ3) is 5.87. The van der Waals surface area contributed by atoms with Crippen LogP contribution in [0.2, 0.25) is 0 Å². The van der Waals surface area contributed by atoms with E-state index in [-0.39, 0.29) is 23.8 Å². The summed E-state index contributed by atoms with van der Waals surface area (Å²) in [6, 6.07) is 6.43. The van der Waals surface area contributed by atoms with Crippen molar-refractivity contribution in [2.45, 2.75) is 46.6 Å². The second-order valence-electron chi connectivity index (χ2n) is 8.10. The zero-order valence-electron chi connectivity index (χ0n) is 17.6. The van der Waals surface area contributed by atoms with Crippen molar-refractivity contribution in [1.82, 2.24) is 15.2 Å². The first-order chi connectivity index (χ1) is 13.8. The Hall–Kier alpha value is -2.25. The maximum absolute atomic E-state index is 12.4. The molecular weight excluding hydrogens is 384 g/mol. The molecular formula is C22H30N4O2S. The van der Waals surface area contributed by atoms with E-state index in [2.05, 4.69) is 52.6 Å². The van der Waals surface area contributed by atoms with Crippen molar-refractivity contribution in [2.24, 2.45) is 5.92 Å². The summed E-state index contributed by atoms with van der Waals surface area (Å²) in [5, 5.41) is 8.48. The Morgan fingerprint density at radius 2 is 1.93 bits per heavy atom. The normalized spacial score (nSPS) is 15.5. The van der Waals surface area contributed by atoms with Gasteiger partial charge in [-0.15, -0.1) is 11.3 Å². The maximum atomic E-state index is 12.4. The summed E-state index contributed by atoms with van der Waals surface area (Å²) < 4.78 is 0. The number of carbonyl (C=O) groups is 2. The SMILES string of the molecule is Cc1ccc(-c2csc(NC(=O)CN3CCC(C(=O)NC(C)C)CC3)n2)cc1C. The average Bonchev–Trinajstić information content (AvgIpc) is 3.12. The van der Waals surface area contributed by atoms with E-state index in [4.69, 9.17) is 0 Å². The van der Waals surface area contributed by atoms with Gasteiger partial charge in [0.25, 0.3) is 0 Å².